The van der Waals surface area contributed by atoms with Crippen LogP contribution in [0, 0.1) is 10.1 Å². The molecule has 1 aromatic heterocycles. The van der Waals surface area contributed by atoms with Crippen molar-refractivity contribution in [2.75, 3.05) is 0 Å². The van der Waals surface area contributed by atoms with Gasteiger partial charge in [-0.3, -0.25) is 14.9 Å². The Morgan fingerprint density at radius 2 is 2.00 bits per heavy atom. The van der Waals surface area contributed by atoms with Gasteiger partial charge in [-0.05, 0) is 17.5 Å². The number of aromatic amines is 1. The molecule has 1 heterocycles. The van der Waals surface area contributed by atoms with E-state index in [0.717, 1.165) is 17.2 Å². The Morgan fingerprint density at radius 3 is 2.72 bits per heavy atom. The van der Waals surface area contributed by atoms with Crippen molar-refractivity contribution in [3.63, 3.8) is 0 Å². The maximum atomic E-state index is 11.0. The standard InChI is InChI=1S/C13H8N2O3/c16-7-8-6-14-11-5-4-9-10(13(8)11)2-1-3-12(9)15(17)18/h1-7,14H. The number of H-pyrrole nitrogens is 1. The molecule has 0 saturated carbocycles. The Balaban J connectivity index is 2.55. The average Bonchev–Trinajstić information content (AvgIpc) is 2.81. The summed E-state index contributed by atoms with van der Waals surface area (Å²) in [6.45, 7) is 0. The van der Waals surface area contributed by atoms with E-state index in [-0.39, 0.29) is 5.69 Å². The Kier molecular flexibility index (Phi) is 2.13. The number of benzene rings is 2. The maximum absolute atomic E-state index is 11.0. The van der Waals surface area contributed by atoms with Crippen LogP contribution in [0.5, 0.6) is 0 Å². The molecule has 0 bridgehead atoms. The van der Waals surface area contributed by atoms with E-state index >= 15 is 0 Å². The summed E-state index contributed by atoms with van der Waals surface area (Å²) >= 11 is 0. The molecule has 0 fully saturated rings. The molecule has 5 heteroatoms. The van der Waals surface area contributed by atoms with Gasteiger partial charge in [-0.15, -0.1) is 0 Å². The average molecular weight is 240 g/mol. The molecule has 5 nitrogen and oxygen atoms in total. The van der Waals surface area contributed by atoms with Crippen molar-refractivity contribution in [1.29, 1.82) is 0 Å². The van der Waals surface area contributed by atoms with Crippen molar-refractivity contribution in [3.8, 4) is 0 Å². The van der Waals surface area contributed by atoms with E-state index < -0.39 is 4.92 Å². The highest BCUT2D eigenvalue weighted by molar-refractivity contribution is 6.15. The van der Waals surface area contributed by atoms with E-state index in [1.807, 2.05) is 0 Å². The highest BCUT2D eigenvalue weighted by atomic mass is 16.6. The molecule has 0 aliphatic carbocycles. The fourth-order valence-corrected chi connectivity index (χ4v) is 2.25. The van der Waals surface area contributed by atoms with Gasteiger partial charge in [-0.1, -0.05) is 12.1 Å². The zero-order valence-corrected chi connectivity index (χ0v) is 9.21. The second-order valence-electron chi connectivity index (χ2n) is 3.98. The van der Waals surface area contributed by atoms with Gasteiger partial charge in [0.1, 0.15) is 0 Å². The Hall–Kier alpha value is -2.69. The molecular formula is C13H8N2O3. The number of nitrogens with zero attached hydrogens (tertiary/aromatic N) is 1. The van der Waals surface area contributed by atoms with Gasteiger partial charge in [0.25, 0.3) is 5.69 Å². The van der Waals surface area contributed by atoms with Crippen LogP contribution in [0.15, 0.2) is 36.5 Å². The lowest BCUT2D eigenvalue weighted by Gasteiger charge is -2.01. The molecular weight excluding hydrogens is 232 g/mol. The molecule has 0 spiro atoms. The summed E-state index contributed by atoms with van der Waals surface area (Å²) in [6, 6.07) is 8.31. The molecule has 18 heavy (non-hydrogen) atoms. The summed E-state index contributed by atoms with van der Waals surface area (Å²) in [5.74, 6) is 0. The molecule has 0 atom stereocenters. The summed E-state index contributed by atoms with van der Waals surface area (Å²) in [7, 11) is 0. The van der Waals surface area contributed by atoms with Crippen LogP contribution >= 0.6 is 0 Å². The van der Waals surface area contributed by atoms with Gasteiger partial charge >= 0.3 is 0 Å². The summed E-state index contributed by atoms with van der Waals surface area (Å²) < 4.78 is 0. The molecule has 3 aromatic rings. The summed E-state index contributed by atoms with van der Waals surface area (Å²) in [4.78, 5) is 24.5. The second-order valence-corrected chi connectivity index (χ2v) is 3.98. The highest BCUT2D eigenvalue weighted by Crippen LogP contribution is 2.32. The summed E-state index contributed by atoms with van der Waals surface area (Å²) in [5.41, 5.74) is 1.36. The first-order valence-electron chi connectivity index (χ1n) is 5.35. The smallest absolute Gasteiger partial charge is 0.277 e. The number of nitro benzene ring substituents is 1. The number of carbonyl (C=O) groups is 1. The lowest BCUT2D eigenvalue weighted by Crippen LogP contribution is -1.89. The first-order valence-corrected chi connectivity index (χ1v) is 5.35. The number of non-ortho nitro benzene ring substituents is 1. The molecule has 3 rings (SSSR count). The number of fused-ring (bicyclic) bond motifs is 3. The van der Waals surface area contributed by atoms with Crippen molar-refractivity contribution < 1.29 is 9.72 Å². The molecule has 0 amide bonds. The molecule has 0 radical (unpaired) electrons. The number of carbonyl (C=O) groups excluding carboxylic acids is 1. The minimum atomic E-state index is -0.415. The first-order chi connectivity index (χ1) is 8.72. The number of aromatic nitrogens is 1. The van der Waals surface area contributed by atoms with Crippen molar-refractivity contribution in [1.82, 2.24) is 4.98 Å². The van der Waals surface area contributed by atoms with Crippen LogP contribution in [-0.4, -0.2) is 16.2 Å². The Labute approximate surface area is 101 Å². The minimum absolute atomic E-state index is 0.0486. The Morgan fingerprint density at radius 1 is 1.17 bits per heavy atom. The van der Waals surface area contributed by atoms with Crippen LogP contribution in [0.4, 0.5) is 5.69 Å². The van der Waals surface area contributed by atoms with Gasteiger partial charge in [0.2, 0.25) is 0 Å². The van der Waals surface area contributed by atoms with Gasteiger partial charge < -0.3 is 4.98 Å². The topological polar surface area (TPSA) is 76.0 Å². The van der Waals surface area contributed by atoms with E-state index in [0.29, 0.717) is 16.3 Å². The fraction of sp³-hybridized carbons (Fsp3) is 0. The number of rotatable bonds is 2. The van der Waals surface area contributed by atoms with Crippen LogP contribution in [0.3, 0.4) is 0 Å². The molecule has 0 unspecified atom stereocenters. The van der Waals surface area contributed by atoms with Gasteiger partial charge in [0, 0.05) is 28.7 Å². The van der Waals surface area contributed by atoms with Gasteiger partial charge in [0.05, 0.1) is 10.3 Å². The lowest BCUT2D eigenvalue weighted by atomic mass is 10.0. The van der Waals surface area contributed by atoms with E-state index in [1.54, 1.807) is 30.5 Å². The third-order valence-electron chi connectivity index (χ3n) is 3.03. The van der Waals surface area contributed by atoms with E-state index in [4.69, 9.17) is 0 Å². The third-order valence-corrected chi connectivity index (χ3v) is 3.03. The molecule has 0 aliphatic heterocycles. The van der Waals surface area contributed by atoms with Crippen LogP contribution in [0.2, 0.25) is 0 Å². The molecule has 1 N–H and O–H groups in total. The fourth-order valence-electron chi connectivity index (χ4n) is 2.25. The summed E-state index contributed by atoms with van der Waals surface area (Å²) in [6.07, 6.45) is 2.35. The number of aldehydes is 1. The van der Waals surface area contributed by atoms with Crippen molar-refractivity contribution in [2.45, 2.75) is 0 Å². The number of hydrogen-bond acceptors (Lipinski definition) is 3. The van der Waals surface area contributed by atoms with Crippen molar-refractivity contribution in [3.05, 3.63) is 52.2 Å². The monoisotopic (exact) mass is 240 g/mol. The van der Waals surface area contributed by atoms with E-state index in [9.17, 15) is 14.9 Å². The van der Waals surface area contributed by atoms with E-state index in [2.05, 4.69) is 4.98 Å². The quantitative estimate of drug-likeness (QED) is 0.425. The van der Waals surface area contributed by atoms with Crippen molar-refractivity contribution >= 4 is 33.6 Å². The SMILES string of the molecule is O=Cc1c[nH]c2ccc3c([N+](=O)[O-])cccc3c12. The van der Waals surface area contributed by atoms with Gasteiger partial charge in [-0.2, -0.15) is 0 Å². The summed E-state index contributed by atoms with van der Waals surface area (Å²) in [5, 5.41) is 13.0. The van der Waals surface area contributed by atoms with Gasteiger partial charge in [0.15, 0.2) is 6.29 Å². The lowest BCUT2D eigenvalue weighted by molar-refractivity contribution is -0.383. The number of hydrogen-bond donors (Lipinski definition) is 1. The van der Waals surface area contributed by atoms with Crippen LogP contribution < -0.4 is 0 Å². The molecule has 0 aliphatic rings. The molecule has 88 valence electrons. The predicted molar refractivity (Wildman–Crippen MR) is 67.8 cm³/mol. The third kappa shape index (κ3) is 1.31. The largest absolute Gasteiger partial charge is 0.360 e. The highest BCUT2D eigenvalue weighted by Gasteiger charge is 2.14. The second kappa shape index (κ2) is 3.66. The minimum Gasteiger partial charge on any atom is -0.360 e. The molecule has 0 saturated heterocycles. The van der Waals surface area contributed by atoms with Crippen molar-refractivity contribution in [2.24, 2.45) is 0 Å². The predicted octanol–water partition coefficient (Wildman–Crippen LogP) is 3.04. The van der Waals surface area contributed by atoms with Crippen LogP contribution in [0.1, 0.15) is 10.4 Å². The normalized spacial score (nSPS) is 10.9. The van der Waals surface area contributed by atoms with E-state index in [1.165, 1.54) is 6.07 Å². The zero-order chi connectivity index (χ0) is 12.7. The molecule has 2 aromatic carbocycles. The number of nitro groups is 1. The van der Waals surface area contributed by atoms with Gasteiger partial charge in [-0.25, -0.2) is 0 Å². The Bertz CT molecular complexity index is 789. The zero-order valence-electron chi connectivity index (χ0n) is 9.21. The maximum Gasteiger partial charge on any atom is 0.277 e. The van der Waals surface area contributed by atoms with Crippen LogP contribution in [0.25, 0.3) is 21.7 Å². The number of nitrogens with one attached hydrogen (secondary N) is 1. The van der Waals surface area contributed by atoms with Crippen LogP contribution in [-0.2, 0) is 0 Å². The first kappa shape index (κ1) is 10.5.